The smallest absolute Gasteiger partial charge is 0.281 e. The van der Waals surface area contributed by atoms with E-state index in [9.17, 15) is 9.59 Å². The summed E-state index contributed by atoms with van der Waals surface area (Å²) in [7, 11) is 0. The largest absolute Gasteiger partial charge is 0.370 e. The Morgan fingerprint density at radius 1 is 1.26 bits per heavy atom. The van der Waals surface area contributed by atoms with Crippen molar-refractivity contribution in [1.82, 2.24) is 14.7 Å². The van der Waals surface area contributed by atoms with Crippen molar-refractivity contribution in [3.05, 3.63) is 40.9 Å². The van der Waals surface area contributed by atoms with Gasteiger partial charge in [0.1, 0.15) is 11.3 Å². The Labute approximate surface area is 134 Å². The average molecular weight is 314 g/mol. The second-order valence-corrected chi connectivity index (χ2v) is 6.07. The molecule has 0 aromatic carbocycles. The number of carbonyl (C=O) groups excluding carboxylic acids is 1. The fourth-order valence-electron chi connectivity index (χ4n) is 3.04. The van der Waals surface area contributed by atoms with Gasteiger partial charge in [0.25, 0.3) is 5.56 Å². The molecule has 2 heterocycles. The first-order chi connectivity index (χ1) is 11.2. The van der Waals surface area contributed by atoms with Crippen molar-refractivity contribution in [2.75, 3.05) is 18.4 Å². The van der Waals surface area contributed by atoms with Crippen molar-refractivity contribution < 1.29 is 4.79 Å². The molecule has 0 saturated heterocycles. The van der Waals surface area contributed by atoms with Crippen LogP contribution in [0, 0.1) is 5.92 Å². The molecule has 1 fully saturated rings. The molecule has 0 unspecified atom stereocenters. The first kappa shape index (κ1) is 15.5. The van der Waals surface area contributed by atoms with Crippen LogP contribution in [0.1, 0.15) is 32.1 Å². The normalized spacial score (nSPS) is 15.5. The molecular weight excluding hydrogens is 292 g/mol. The summed E-state index contributed by atoms with van der Waals surface area (Å²) < 4.78 is 1.46. The lowest BCUT2D eigenvalue weighted by atomic mass is 9.89. The van der Waals surface area contributed by atoms with Gasteiger partial charge in [0.05, 0.1) is 12.7 Å². The minimum absolute atomic E-state index is 0.0859. The van der Waals surface area contributed by atoms with Crippen LogP contribution < -0.4 is 16.2 Å². The van der Waals surface area contributed by atoms with E-state index in [1.165, 1.54) is 42.7 Å². The summed E-state index contributed by atoms with van der Waals surface area (Å²) >= 11 is 0. The zero-order valence-electron chi connectivity index (χ0n) is 13.1. The minimum atomic E-state index is -0.198. The van der Waals surface area contributed by atoms with Crippen LogP contribution in [-0.4, -0.2) is 28.4 Å². The lowest BCUT2D eigenvalue weighted by molar-refractivity contribution is -0.119. The standard InChI is InChI=1S/C17H22N4O2/c22-16(20-10-13-6-2-1-3-7-13)12-18-14-11-19-15-8-4-5-9-21(15)17(14)23/h4-5,8-9,11,13,18H,1-3,6-7,10,12H2,(H,20,22). The Morgan fingerprint density at radius 3 is 2.91 bits per heavy atom. The van der Waals surface area contributed by atoms with Crippen LogP contribution in [0.4, 0.5) is 5.69 Å². The second-order valence-electron chi connectivity index (χ2n) is 6.07. The second kappa shape index (κ2) is 7.26. The summed E-state index contributed by atoms with van der Waals surface area (Å²) in [5, 5.41) is 5.83. The molecule has 0 spiro atoms. The Hall–Kier alpha value is -2.37. The van der Waals surface area contributed by atoms with Crippen molar-refractivity contribution in [1.29, 1.82) is 0 Å². The number of anilines is 1. The summed E-state index contributed by atoms with van der Waals surface area (Å²) in [6, 6.07) is 5.37. The van der Waals surface area contributed by atoms with Gasteiger partial charge in [-0.1, -0.05) is 25.3 Å². The molecule has 0 radical (unpaired) electrons. The van der Waals surface area contributed by atoms with E-state index in [0.29, 0.717) is 17.3 Å². The number of carbonyl (C=O) groups is 1. The Kier molecular flexibility index (Phi) is 4.90. The highest BCUT2D eigenvalue weighted by atomic mass is 16.2. The van der Waals surface area contributed by atoms with Gasteiger partial charge in [-0.2, -0.15) is 0 Å². The number of amides is 1. The Bertz CT molecular complexity index is 735. The molecule has 0 atom stereocenters. The molecule has 6 nitrogen and oxygen atoms in total. The highest BCUT2D eigenvalue weighted by Gasteiger charge is 2.14. The third kappa shape index (κ3) is 3.88. The SMILES string of the molecule is O=C(CNc1cnc2ccccn2c1=O)NCC1CCCCC1. The van der Waals surface area contributed by atoms with E-state index in [2.05, 4.69) is 15.6 Å². The number of pyridine rings is 1. The summed E-state index contributed by atoms with van der Waals surface area (Å²) in [5.41, 5.74) is 0.724. The molecule has 122 valence electrons. The van der Waals surface area contributed by atoms with E-state index in [1.54, 1.807) is 18.3 Å². The molecule has 1 aliphatic rings. The monoisotopic (exact) mass is 314 g/mol. The number of rotatable bonds is 5. The predicted octanol–water partition coefficient (Wildman–Crippen LogP) is 1.80. The molecule has 1 amide bonds. The van der Waals surface area contributed by atoms with E-state index in [0.717, 1.165) is 6.54 Å². The summed E-state index contributed by atoms with van der Waals surface area (Å²) in [5.74, 6) is 0.508. The summed E-state index contributed by atoms with van der Waals surface area (Å²) in [6.45, 7) is 0.817. The first-order valence-electron chi connectivity index (χ1n) is 8.21. The zero-order valence-corrected chi connectivity index (χ0v) is 13.1. The van der Waals surface area contributed by atoms with Gasteiger partial charge in [-0.05, 0) is 30.9 Å². The maximum absolute atomic E-state index is 12.3. The number of aromatic nitrogens is 2. The van der Waals surface area contributed by atoms with Crippen molar-refractivity contribution in [2.24, 2.45) is 5.92 Å². The topological polar surface area (TPSA) is 75.5 Å². The van der Waals surface area contributed by atoms with E-state index < -0.39 is 0 Å². The summed E-state index contributed by atoms with van der Waals surface area (Å²) in [4.78, 5) is 28.4. The minimum Gasteiger partial charge on any atom is -0.370 e. The van der Waals surface area contributed by atoms with Crippen LogP contribution in [-0.2, 0) is 4.79 Å². The van der Waals surface area contributed by atoms with E-state index in [4.69, 9.17) is 0 Å². The van der Waals surface area contributed by atoms with Crippen LogP contribution in [0.5, 0.6) is 0 Å². The van der Waals surface area contributed by atoms with Crippen LogP contribution >= 0.6 is 0 Å². The molecule has 2 aromatic heterocycles. The van der Waals surface area contributed by atoms with Crippen LogP contribution in [0.15, 0.2) is 35.4 Å². The highest BCUT2D eigenvalue weighted by molar-refractivity contribution is 5.80. The van der Waals surface area contributed by atoms with E-state index in [1.807, 2.05) is 6.07 Å². The van der Waals surface area contributed by atoms with Gasteiger partial charge in [-0.15, -0.1) is 0 Å². The van der Waals surface area contributed by atoms with E-state index >= 15 is 0 Å². The Morgan fingerprint density at radius 2 is 2.09 bits per heavy atom. The molecule has 2 aromatic rings. The molecule has 23 heavy (non-hydrogen) atoms. The van der Waals surface area contributed by atoms with Gasteiger partial charge in [0.15, 0.2) is 0 Å². The van der Waals surface area contributed by atoms with Gasteiger partial charge in [0.2, 0.25) is 5.91 Å². The number of hydrogen-bond acceptors (Lipinski definition) is 4. The molecule has 1 aliphatic carbocycles. The molecule has 1 saturated carbocycles. The van der Waals surface area contributed by atoms with Crippen LogP contribution in [0.3, 0.4) is 0 Å². The number of nitrogens with zero attached hydrogens (tertiary/aromatic N) is 2. The lowest BCUT2D eigenvalue weighted by Gasteiger charge is -2.21. The average Bonchev–Trinajstić information content (AvgIpc) is 2.60. The van der Waals surface area contributed by atoms with Gasteiger partial charge >= 0.3 is 0 Å². The van der Waals surface area contributed by atoms with Crippen molar-refractivity contribution in [2.45, 2.75) is 32.1 Å². The van der Waals surface area contributed by atoms with Crippen LogP contribution in [0.2, 0.25) is 0 Å². The fraction of sp³-hybridized carbons (Fsp3) is 0.471. The van der Waals surface area contributed by atoms with Crippen molar-refractivity contribution >= 4 is 17.2 Å². The van der Waals surface area contributed by atoms with Crippen LogP contribution in [0.25, 0.3) is 5.65 Å². The maximum atomic E-state index is 12.3. The fourth-order valence-corrected chi connectivity index (χ4v) is 3.04. The van der Waals surface area contributed by atoms with Crippen molar-refractivity contribution in [3.63, 3.8) is 0 Å². The molecule has 2 N–H and O–H groups in total. The number of fused-ring (bicyclic) bond motifs is 1. The lowest BCUT2D eigenvalue weighted by Crippen LogP contribution is -2.35. The molecule has 0 aliphatic heterocycles. The summed E-state index contributed by atoms with van der Waals surface area (Å²) in [6.07, 6.45) is 9.37. The first-order valence-corrected chi connectivity index (χ1v) is 8.21. The van der Waals surface area contributed by atoms with Gasteiger partial charge in [0, 0.05) is 12.7 Å². The highest BCUT2D eigenvalue weighted by Crippen LogP contribution is 2.22. The van der Waals surface area contributed by atoms with Gasteiger partial charge in [-0.25, -0.2) is 4.98 Å². The molecule has 3 rings (SSSR count). The third-order valence-electron chi connectivity index (χ3n) is 4.37. The Balaban J connectivity index is 1.54. The van der Waals surface area contributed by atoms with Crippen molar-refractivity contribution in [3.8, 4) is 0 Å². The zero-order chi connectivity index (χ0) is 16.1. The quantitative estimate of drug-likeness (QED) is 0.882. The van der Waals surface area contributed by atoms with Gasteiger partial charge in [-0.3, -0.25) is 14.0 Å². The number of nitrogens with one attached hydrogen (secondary N) is 2. The van der Waals surface area contributed by atoms with E-state index in [-0.39, 0.29) is 18.0 Å². The maximum Gasteiger partial charge on any atom is 0.281 e. The van der Waals surface area contributed by atoms with Gasteiger partial charge < -0.3 is 10.6 Å². The number of hydrogen-bond donors (Lipinski definition) is 2. The molecular formula is C17H22N4O2. The third-order valence-corrected chi connectivity index (χ3v) is 4.37. The molecule has 0 bridgehead atoms. The molecule has 6 heteroatoms. The predicted molar refractivity (Wildman–Crippen MR) is 89.5 cm³/mol.